The van der Waals surface area contributed by atoms with Crippen LogP contribution >= 0.6 is 0 Å². The highest BCUT2D eigenvalue weighted by Crippen LogP contribution is 2.48. The summed E-state index contributed by atoms with van der Waals surface area (Å²) in [5.74, 6) is 0.475. The van der Waals surface area contributed by atoms with Crippen LogP contribution in [0.25, 0.3) is 0 Å². The van der Waals surface area contributed by atoms with Crippen molar-refractivity contribution in [1.29, 1.82) is 0 Å². The molecule has 1 aromatic carbocycles. The number of benzene rings is 1. The van der Waals surface area contributed by atoms with Gasteiger partial charge in [-0.25, -0.2) is 4.79 Å². The molecule has 2 aliphatic carbocycles. The average molecular weight is 314 g/mol. The van der Waals surface area contributed by atoms with E-state index in [1.165, 1.54) is 30.4 Å². The van der Waals surface area contributed by atoms with E-state index in [2.05, 4.69) is 11.4 Å². The van der Waals surface area contributed by atoms with Gasteiger partial charge in [0.2, 0.25) is 0 Å². The number of aliphatic hydroxyl groups is 1. The van der Waals surface area contributed by atoms with E-state index in [9.17, 15) is 9.90 Å². The number of hydrogen-bond donors (Lipinski definition) is 2. The zero-order valence-corrected chi connectivity index (χ0v) is 13.7. The van der Waals surface area contributed by atoms with Gasteiger partial charge in [0.05, 0.1) is 6.61 Å². The Balaban J connectivity index is 1.49. The summed E-state index contributed by atoms with van der Waals surface area (Å²) in [5.41, 5.74) is 3.66. The first kappa shape index (κ1) is 15.0. The summed E-state index contributed by atoms with van der Waals surface area (Å²) in [6.45, 7) is 1.71. The molecule has 0 radical (unpaired) electrons. The van der Waals surface area contributed by atoms with Gasteiger partial charge in [-0.05, 0) is 61.6 Å². The summed E-state index contributed by atoms with van der Waals surface area (Å²) < 4.78 is 0. The van der Waals surface area contributed by atoms with Crippen LogP contribution in [0, 0.1) is 11.3 Å². The molecule has 0 bridgehead atoms. The second-order valence-corrected chi connectivity index (χ2v) is 7.57. The maximum atomic E-state index is 12.7. The normalized spacial score (nSPS) is 29.3. The molecule has 4 rings (SSSR count). The molecule has 1 heterocycles. The molecule has 2 N–H and O–H groups in total. The van der Waals surface area contributed by atoms with E-state index < -0.39 is 0 Å². The quantitative estimate of drug-likeness (QED) is 0.881. The monoisotopic (exact) mass is 314 g/mol. The molecule has 1 aliphatic heterocycles. The fourth-order valence-electron chi connectivity index (χ4n) is 4.92. The van der Waals surface area contributed by atoms with Crippen molar-refractivity contribution in [3.63, 3.8) is 0 Å². The number of nitrogens with one attached hydrogen (secondary N) is 1. The lowest BCUT2D eigenvalue weighted by Crippen LogP contribution is -2.36. The molecule has 4 heteroatoms. The summed E-state index contributed by atoms with van der Waals surface area (Å²) in [6, 6.07) is 6.27. The van der Waals surface area contributed by atoms with Crippen LogP contribution in [0.1, 0.15) is 43.2 Å². The molecule has 0 unspecified atom stereocenters. The van der Waals surface area contributed by atoms with E-state index in [1.807, 2.05) is 17.0 Å². The molecular weight excluding hydrogens is 288 g/mol. The highest BCUT2D eigenvalue weighted by atomic mass is 16.3. The van der Waals surface area contributed by atoms with E-state index in [1.54, 1.807) is 0 Å². The molecule has 124 valence electrons. The molecule has 1 saturated carbocycles. The van der Waals surface area contributed by atoms with E-state index in [4.69, 9.17) is 0 Å². The van der Waals surface area contributed by atoms with Crippen LogP contribution in [-0.2, 0) is 12.8 Å². The first-order chi connectivity index (χ1) is 11.2. The first-order valence-electron chi connectivity index (χ1n) is 8.99. The molecule has 23 heavy (non-hydrogen) atoms. The number of amides is 2. The summed E-state index contributed by atoms with van der Waals surface area (Å²) in [7, 11) is 0. The first-order valence-corrected chi connectivity index (χ1v) is 8.99. The van der Waals surface area contributed by atoms with Crippen molar-refractivity contribution in [3.8, 4) is 0 Å². The van der Waals surface area contributed by atoms with Gasteiger partial charge in [0.1, 0.15) is 0 Å². The molecule has 0 aromatic heterocycles. The lowest BCUT2D eigenvalue weighted by Gasteiger charge is -2.26. The third-order valence-electron chi connectivity index (χ3n) is 6.28. The van der Waals surface area contributed by atoms with Crippen molar-refractivity contribution in [2.75, 3.05) is 25.0 Å². The van der Waals surface area contributed by atoms with Crippen molar-refractivity contribution < 1.29 is 9.90 Å². The van der Waals surface area contributed by atoms with Crippen molar-refractivity contribution in [3.05, 3.63) is 29.3 Å². The van der Waals surface area contributed by atoms with Crippen molar-refractivity contribution in [2.24, 2.45) is 11.3 Å². The van der Waals surface area contributed by atoms with Crippen molar-refractivity contribution in [1.82, 2.24) is 4.90 Å². The fourth-order valence-corrected chi connectivity index (χ4v) is 4.92. The van der Waals surface area contributed by atoms with Crippen molar-refractivity contribution in [2.45, 2.75) is 44.9 Å². The largest absolute Gasteiger partial charge is 0.396 e. The highest BCUT2D eigenvalue weighted by Gasteiger charge is 2.50. The predicted octanol–water partition coefficient (Wildman–Crippen LogP) is 3.19. The van der Waals surface area contributed by atoms with E-state index in [-0.39, 0.29) is 18.1 Å². The van der Waals surface area contributed by atoms with Gasteiger partial charge in [-0.3, -0.25) is 0 Å². The molecule has 4 nitrogen and oxygen atoms in total. The number of nitrogens with zero attached hydrogens (tertiary/aromatic N) is 1. The Labute approximate surface area is 137 Å². The number of urea groups is 1. The molecule has 2 fully saturated rings. The van der Waals surface area contributed by atoms with Gasteiger partial charge in [-0.2, -0.15) is 0 Å². The molecule has 2 amide bonds. The predicted molar refractivity (Wildman–Crippen MR) is 90.5 cm³/mol. The molecule has 0 spiro atoms. The Kier molecular flexibility index (Phi) is 3.80. The maximum Gasteiger partial charge on any atom is 0.321 e. The number of rotatable bonds is 2. The van der Waals surface area contributed by atoms with Crippen LogP contribution in [0.4, 0.5) is 10.5 Å². The van der Waals surface area contributed by atoms with Gasteiger partial charge in [0, 0.05) is 24.2 Å². The number of likely N-dealkylation sites (tertiary alicyclic amines) is 1. The van der Waals surface area contributed by atoms with Crippen molar-refractivity contribution >= 4 is 11.7 Å². The standard InChI is InChI=1S/C19H26N2O2/c22-13-19-10-4-7-15(19)11-21(12-19)18(23)20-17-9-3-6-14-5-1-2-8-16(14)17/h3,6,9,15,22H,1-2,4-5,7-8,10-13H2,(H,20,23)/t15-,19+/m1/s1. The van der Waals surface area contributed by atoms with Gasteiger partial charge < -0.3 is 15.3 Å². The smallest absolute Gasteiger partial charge is 0.321 e. The van der Waals surface area contributed by atoms with Crippen LogP contribution in [0.15, 0.2) is 18.2 Å². The number of aliphatic hydroxyl groups excluding tert-OH is 1. The number of fused-ring (bicyclic) bond motifs is 2. The van der Waals surface area contributed by atoms with E-state index in [0.29, 0.717) is 12.5 Å². The van der Waals surface area contributed by atoms with Crippen LogP contribution in [0.5, 0.6) is 0 Å². The third-order valence-corrected chi connectivity index (χ3v) is 6.28. The third kappa shape index (κ3) is 2.53. The second-order valence-electron chi connectivity index (χ2n) is 7.57. The minimum Gasteiger partial charge on any atom is -0.396 e. The molecular formula is C19H26N2O2. The van der Waals surface area contributed by atoms with Gasteiger partial charge >= 0.3 is 6.03 Å². The highest BCUT2D eigenvalue weighted by molar-refractivity contribution is 5.90. The summed E-state index contributed by atoms with van der Waals surface area (Å²) in [4.78, 5) is 14.6. The lowest BCUT2D eigenvalue weighted by molar-refractivity contribution is 0.114. The van der Waals surface area contributed by atoms with E-state index >= 15 is 0 Å². The fraction of sp³-hybridized carbons (Fsp3) is 0.632. The van der Waals surface area contributed by atoms with E-state index in [0.717, 1.165) is 37.9 Å². The van der Waals surface area contributed by atoms with Gasteiger partial charge in [-0.1, -0.05) is 18.6 Å². The Morgan fingerprint density at radius 3 is 3.00 bits per heavy atom. The van der Waals surface area contributed by atoms with Gasteiger partial charge in [0.15, 0.2) is 0 Å². The SMILES string of the molecule is O=C(Nc1cccc2c1CCCC2)N1C[C@H]2CCC[C@@]2(CO)C1. The number of anilines is 1. The van der Waals surface area contributed by atoms with Gasteiger partial charge in [-0.15, -0.1) is 0 Å². The molecule has 3 aliphatic rings. The molecule has 1 saturated heterocycles. The van der Waals surface area contributed by atoms with Gasteiger partial charge in [0.25, 0.3) is 0 Å². The Bertz CT molecular complexity index is 615. The average Bonchev–Trinajstić information content (AvgIpc) is 3.12. The van der Waals surface area contributed by atoms with Crippen LogP contribution in [-0.4, -0.2) is 35.7 Å². The van der Waals surface area contributed by atoms with Crippen LogP contribution in [0.3, 0.4) is 0 Å². The molecule has 2 atom stereocenters. The maximum absolute atomic E-state index is 12.7. The minimum atomic E-state index is -0.0343. The number of carbonyl (C=O) groups is 1. The number of carbonyl (C=O) groups excluding carboxylic acids is 1. The summed E-state index contributed by atoms with van der Waals surface area (Å²) in [6.07, 6.45) is 8.03. The van der Waals surface area contributed by atoms with Crippen LogP contribution in [0.2, 0.25) is 0 Å². The topological polar surface area (TPSA) is 52.6 Å². The summed E-state index contributed by atoms with van der Waals surface area (Å²) >= 11 is 0. The number of aryl methyl sites for hydroxylation is 1. The zero-order chi connectivity index (χ0) is 15.9. The Hall–Kier alpha value is -1.55. The Morgan fingerprint density at radius 1 is 1.30 bits per heavy atom. The second kappa shape index (κ2) is 5.82. The lowest BCUT2D eigenvalue weighted by atomic mass is 9.82. The van der Waals surface area contributed by atoms with Crippen LogP contribution < -0.4 is 5.32 Å². The zero-order valence-electron chi connectivity index (χ0n) is 13.7. The minimum absolute atomic E-state index is 0.00574. The Morgan fingerprint density at radius 2 is 2.17 bits per heavy atom. The number of hydrogen-bond acceptors (Lipinski definition) is 2. The molecule has 1 aromatic rings. The summed E-state index contributed by atoms with van der Waals surface area (Å²) in [5, 5.41) is 13.0.